The number of aliphatic hydroxyl groups is 3. The summed E-state index contributed by atoms with van der Waals surface area (Å²) in [6.07, 6.45) is 30.8. The predicted octanol–water partition coefficient (Wildman–Crippen LogP) is 9.62. The summed E-state index contributed by atoms with van der Waals surface area (Å²) in [4.78, 5) is 25.4. The van der Waals surface area contributed by atoms with E-state index in [-0.39, 0.29) is 19.4 Å². The first-order valence-corrected chi connectivity index (χ1v) is 25.0. The monoisotopic (exact) mass is 861 g/mol. The molecule has 0 aromatic rings. The van der Waals surface area contributed by atoms with Gasteiger partial charge in [0, 0.05) is 12.8 Å². The van der Waals surface area contributed by atoms with Crippen molar-refractivity contribution in [2.75, 3.05) is 19.0 Å². The molecule has 0 radical (unpaired) electrons. The van der Waals surface area contributed by atoms with Crippen LogP contribution in [0.25, 0.3) is 0 Å². The van der Waals surface area contributed by atoms with E-state index < -0.39 is 71.2 Å². The Balaban J connectivity index is 2.41. The standard InChI is InChI=1S/C46H84O12S/c1-3-5-7-9-11-13-15-17-18-19-20-21-23-24-26-28-30-32-34-41(47)55-36-39(37-56-46-45(51)44(50)43(49)40(58-46)38-59(52,53)54)57-42(48)35-33-31-29-27-25-22-16-14-12-10-8-6-4-2/h8,10,14,16,39-40,43-46,49-51H,3-7,9,11-13,15,17-38H2,1-2H3,(H,52,53,54)/b10-8-,16-14-. The number of ether oxygens (including phenoxy) is 4. The van der Waals surface area contributed by atoms with Crippen molar-refractivity contribution in [2.24, 2.45) is 0 Å². The Kier molecular flexibility index (Phi) is 34.4. The third-order valence-electron chi connectivity index (χ3n) is 10.8. The van der Waals surface area contributed by atoms with E-state index in [4.69, 9.17) is 18.9 Å². The van der Waals surface area contributed by atoms with Crippen LogP contribution in [0.3, 0.4) is 0 Å². The van der Waals surface area contributed by atoms with Crippen molar-refractivity contribution in [1.29, 1.82) is 0 Å². The Labute approximate surface area is 358 Å². The first-order chi connectivity index (χ1) is 28.5. The van der Waals surface area contributed by atoms with Crippen molar-refractivity contribution in [3.8, 4) is 0 Å². The SMILES string of the molecule is CCC/C=C\C/C=C\CCCCCCCC(=O)OC(COC(=O)CCCCCCCCCCCCCCCCCCCC)COC1OC(CS(=O)(=O)O)C(O)C(O)C1O. The largest absolute Gasteiger partial charge is 0.462 e. The molecular formula is C46H84O12S. The van der Waals surface area contributed by atoms with E-state index in [1.54, 1.807) is 0 Å². The molecule has 6 unspecified atom stereocenters. The zero-order chi connectivity index (χ0) is 43.4. The van der Waals surface area contributed by atoms with Crippen molar-refractivity contribution in [2.45, 2.75) is 237 Å². The molecule has 0 saturated carbocycles. The van der Waals surface area contributed by atoms with Crippen LogP contribution >= 0.6 is 0 Å². The number of hydrogen-bond acceptors (Lipinski definition) is 11. The molecule has 0 aliphatic carbocycles. The van der Waals surface area contributed by atoms with Crippen molar-refractivity contribution >= 4 is 22.1 Å². The topological polar surface area (TPSA) is 186 Å². The first kappa shape index (κ1) is 55.1. The molecule has 13 heteroatoms. The van der Waals surface area contributed by atoms with Crippen molar-refractivity contribution in [3.05, 3.63) is 24.3 Å². The van der Waals surface area contributed by atoms with Crippen LogP contribution in [0.5, 0.6) is 0 Å². The number of unbranched alkanes of at least 4 members (excludes halogenated alkanes) is 23. The van der Waals surface area contributed by atoms with Crippen LogP contribution in [-0.2, 0) is 38.7 Å². The molecule has 0 bridgehead atoms. The second-order valence-corrected chi connectivity index (χ2v) is 17.9. The lowest BCUT2D eigenvalue weighted by molar-refractivity contribution is -0.297. The molecule has 1 rings (SSSR count). The predicted molar refractivity (Wildman–Crippen MR) is 233 cm³/mol. The van der Waals surface area contributed by atoms with Gasteiger partial charge in [-0.05, 0) is 38.5 Å². The highest BCUT2D eigenvalue weighted by Gasteiger charge is 2.46. The fourth-order valence-corrected chi connectivity index (χ4v) is 7.82. The fraction of sp³-hybridized carbons (Fsp3) is 0.870. The zero-order valence-electron chi connectivity index (χ0n) is 36.9. The molecule has 1 saturated heterocycles. The second-order valence-electron chi connectivity index (χ2n) is 16.4. The van der Waals surface area contributed by atoms with E-state index >= 15 is 0 Å². The van der Waals surface area contributed by atoms with Crippen molar-refractivity contribution < 1.29 is 56.8 Å². The van der Waals surface area contributed by atoms with Gasteiger partial charge in [-0.3, -0.25) is 14.1 Å². The molecule has 0 aromatic heterocycles. The maximum atomic E-state index is 12.8. The third-order valence-corrected chi connectivity index (χ3v) is 11.5. The summed E-state index contributed by atoms with van der Waals surface area (Å²) in [5, 5.41) is 30.9. The highest BCUT2D eigenvalue weighted by atomic mass is 32.2. The van der Waals surface area contributed by atoms with Gasteiger partial charge in [-0.1, -0.05) is 173 Å². The minimum Gasteiger partial charge on any atom is -0.462 e. The molecular weight excluding hydrogens is 777 g/mol. The van der Waals surface area contributed by atoms with Gasteiger partial charge in [0.05, 0.1) is 6.61 Å². The molecule has 0 amide bonds. The smallest absolute Gasteiger partial charge is 0.306 e. The Morgan fingerprint density at radius 3 is 1.56 bits per heavy atom. The van der Waals surface area contributed by atoms with Gasteiger partial charge in [-0.25, -0.2) is 0 Å². The average molecular weight is 861 g/mol. The number of carbonyl (C=O) groups excluding carboxylic acids is 2. The molecule has 6 atom stereocenters. The van der Waals surface area contributed by atoms with Crippen LogP contribution in [0.4, 0.5) is 0 Å². The molecule has 4 N–H and O–H groups in total. The highest BCUT2D eigenvalue weighted by molar-refractivity contribution is 7.85. The maximum absolute atomic E-state index is 12.8. The molecule has 59 heavy (non-hydrogen) atoms. The van der Waals surface area contributed by atoms with Crippen LogP contribution in [0.15, 0.2) is 24.3 Å². The van der Waals surface area contributed by atoms with Crippen LogP contribution < -0.4 is 0 Å². The van der Waals surface area contributed by atoms with Crippen LogP contribution in [-0.4, -0.2) is 96.0 Å². The molecule has 346 valence electrons. The number of hydrogen-bond donors (Lipinski definition) is 4. The second kappa shape index (κ2) is 36.8. The normalized spacial score (nSPS) is 20.4. The van der Waals surface area contributed by atoms with E-state index in [2.05, 4.69) is 38.2 Å². The Bertz CT molecular complexity index is 1190. The number of esters is 2. The summed E-state index contributed by atoms with van der Waals surface area (Å²) in [5.41, 5.74) is 0. The van der Waals surface area contributed by atoms with Gasteiger partial charge in [0.15, 0.2) is 12.4 Å². The summed E-state index contributed by atoms with van der Waals surface area (Å²) in [6.45, 7) is 3.70. The van der Waals surface area contributed by atoms with Gasteiger partial charge >= 0.3 is 11.9 Å². The first-order valence-electron chi connectivity index (χ1n) is 23.4. The Morgan fingerprint density at radius 2 is 1.05 bits per heavy atom. The van der Waals surface area contributed by atoms with Gasteiger partial charge in [0.1, 0.15) is 36.8 Å². The zero-order valence-corrected chi connectivity index (χ0v) is 37.7. The quantitative estimate of drug-likeness (QED) is 0.0199. The van der Waals surface area contributed by atoms with Crippen LogP contribution in [0.1, 0.15) is 200 Å². The fourth-order valence-electron chi connectivity index (χ4n) is 7.13. The molecule has 1 fully saturated rings. The third kappa shape index (κ3) is 31.6. The van der Waals surface area contributed by atoms with E-state index in [1.165, 1.54) is 89.9 Å². The summed E-state index contributed by atoms with van der Waals surface area (Å²) in [6, 6.07) is 0. The summed E-state index contributed by atoms with van der Waals surface area (Å²) in [7, 11) is -4.60. The van der Waals surface area contributed by atoms with Crippen molar-refractivity contribution in [3.63, 3.8) is 0 Å². The minimum absolute atomic E-state index is 0.150. The Hall–Kier alpha value is -1.87. The van der Waals surface area contributed by atoms with Gasteiger partial charge in [0.25, 0.3) is 10.1 Å². The van der Waals surface area contributed by atoms with Gasteiger partial charge in [-0.15, -0.1) is 0 Å². The van der Waals surface area contributed by atoms with Gasteiger partial charge in [0.2, 0.25) is 0 Å². The van der Waals surface area contributed by atoms with Crippen LogP contribution in [0, 0.1) is 0 Å². The number of carbonyl (C=O) groups is 2. The lowest BCUT2D eigenvalue weighted by atomic mass is 10.00. The summed E-state index contributed by atoms with van der Waals surface area (Å²) < 4.78 is 54.1. The Morgan fingerprint density at radius 1 is 0.576 bits per heavy atom. The summed E-state index contributed by atoms with van der Waals surface area (Å²) in [5.74, 6) is -1.99. The van der Waals surface area contributed by atoms with Crippen LogP contribution in [0.2, 0.25) is 0 Å². The molecule has 12 nitrogen and oxygen atoms in total. The molecule has 0 spiro atoms. The molecule has 1 aliphatic heterocycles. The minimum atomic E-state index is -4.60. The summed E-state index contributed by atoms with van der Waals surface area (Å²) >= 11 is 0. The van der Waals surface area contributed by atoms with E-state index in [0.717, 1.165) is 70.6 Å². The number of rotatable bonds is 39. The maximum Gasteiger partial charge on any atom is 0.306 e. The average Bonchev–Trinajstić information content (AvgIpc) is 3.20. The molecule has 1 heterocycles. The van der Waals surface area contributed by atoms with E-state index in [0.29, 0.717) is 12.8 Å². The van der Waals surface area contributed by atoms with E-state index in [1.807, 2.05) is 0 Å². The lowest BCUT2D eigenvalue weighted by Gasteiger charge is -2.40. The lowest BCUT2D eigenvalue weighted by Crippen LogP contribution is -2.60. The van der Waals surface area contributed by atoms with Gasteiger partial charge in [-0.2, -0.15) is 8.42 Å². The molecule has 0 aromatic carbocycles. The number of allylic oxidation sites excluding steroid dienone is 4. The van der Waals surface area contributed by atoms with E-state index in [9.17, 15) is 37.9 Å². The molecule has 1 aliphatic rings. The van der Waals surface area contributed by atoms with Gasteiger partial charge < -0.3 is 34.3 Å². The highest BCUT2D eigenvalue weighted by Crippen LogP contribution is 2.24. The number of aliphatic hydroxyl groups excluding tert-OH is 3. The van der Waals surface area contributed by atoms with Crippen molar-refractivity contribution in [1.82, 2.24) is 0 Å².